The Morgan fingerprint density at radius 1 is 0.947 bits per heavy atom. The molecule has 38 heavy (non-hydrogen) atoms. The quantitative estimate of drug-likeness (QED) is 0.476. The number of β-amino-alcohol motifs (C(OH)–C–C–N with tert-alkyl or cyclic N) is 1. The number of amides is 1. The molecule has 1 atom stereocenters. The highest BCUT2D eigenvalue weighted by Crippen LogP contribution is 2.22. The lowest BCUT2D eigenvalue weighted by molar-refractivity contribution is -0.138. The van der Waals surface area contributed by atoms with Crippen LogP contribution in [0.15, 0.2) is 42.5 Å². The van der Waals surface area contributed by atoms with Gasteiger partial charge in [0.2, 0.25) is 5.91 Å². The molecule has 8 nitrogen and oxygen atoms in total. The second-order valence-electron chi connectivity index (χ2n) is 10.1. The lowest BCUT2D eigenvalue weighted by atomic mass is 10.0. The van der Waals surface area contributed by atoms with E-state index in [0.29, 0.717) is 26.2 Å². The van der Waals surface area contributed by atoms with Gasteiger partial charge in [-0.25, -0.2) is 8.78 Å². The first-order valence-corrected chi connectivity index (χ1v) is 13.1. The molecule has 1 amide bonds. The third-order valence-corrected chi connectivity index (χ3v) is 6.89. The van der Waals surface area contributed by atoms with E-state index in [1.165, 1.54) is 26.0 Å². The molecule has 2 aliphatic heterocycles. The first-order chi connectivity index (χ1) is 18.3. The minimum atomic E-state index is -1.45. The molecule has 2 fully saturated rings. The smallest absolute Gasteiger partial charge is 0.248 e. The summed E-state index contributed by atoms with van der Waals surface area (Å²) in [5.74, 6) is -1.35. The van der Waals surface area contributed by atoms with Gasteiger partial charge in [-0.05, 0) is 55.8 Å². The van der Waals surface area contributed by atoms with Crippen molar-refractivity contribution in [1.29, 1.82) is 0 Å². The summed E-state index contributed by atoms with van der Waals surface area (Å²) in [5, 5.41) is 11.5. The van der Waals surface area contributed by atoms with Gasteiger partial charge < -0.3 is 24.2 Å². The van der Waals surface area contributed by atoms with E-state index >= 15 is 0 Å². The summed E-state index contributed by atoms with van der Waals surface area (Å²) in [6.45, 7) is 5.20. The molecule has 0 aromatic heterocycles. The number of ether oxygens (including phenoxy) is 3. The summed E-state index contributed by atoms with van der Waals surface area (Å²) in [5.41, 5.74) is -0.432. The van der Waals surface area contributed by atoms with Crippen LogP contribution in [0.4, 0.5) is 8.78 Å². The fraction of sp³-hybridized carbons (Fsp3) is 0.536. The van der Waals surface area contributed by atoms with Crippen LogP contribution in [0.3, 0.4) is 0 Å². The number of halogens is 2. The molecule has 10 heteroatoms. The average Bonchev–Trinajstić information content (AvgIpc) is 3.35. The number of nitrogens with zero attached hydrogens (tertiary/aromatic N) is 3. The molecular formula is C28H37F2N3O5. The average molecular weight is 534 g/mol. The Morgan fingerprint density at radius 3 is 2.50 bits per heavy atom. The third-order valence-electron chi connectivity index (χ3n) is 6.89. The van der Waals surface area contributed by atoms with Crippen LogP contribution < -0.4 is 9.47 Å². The van der Waals surface area contributed by atoms with E-state index < -0.39 is 17.2 Å². The van der Waals surface area contributed by atoms with Crippen LogP contribution in [0.5, 0.6) is 11.5 Å². The minimum absolute atomic E-state index is 0.0228. The van der Waals surface area contributed by atoms with Gasteiger partial charge in [-0.3, -0.25) is 14.6 Å². The van der Waals surface area contributed by atoms with Crippen molar-refractivity contribution >= 4 is 5.91 Å². The summed E-state index contributed by atoms with van der Waals surface area (Å²) in [6.07, 6.45) is 2.50. The van der Waals surface area contributed by atoms with Crippen LogP contribution in [-0.2, 0) is 16.1 Å². The van der Waals surface area contributed by atoms with Gasteiger partial charge in [0.1, 0.15) is 36.9 Å². The molecule has 2 heterocycles. The normalized spacial score (nSPS) is 20.9. The number of hydrogen-bond donors (Lipinski definition) is 1. The molecule has 0 spiro atoms. The predicted molar refractivity (Wildman–Crippen MR) is 138 cm³/mol. The van der Waals surface area contributed by atoms with Crippen molar-refractivity contribution in [2.75, 3.05) is 72.7 Å². The largest absolute Gasteiger partial charge is 0.492 e. The number of rotatable bonds is 11. The Hall–Kier alpha value is -2.79. The summed E-state index contributed by atoms with van der Waals surface area (Å²) in [4.78, 5) is 18.6. The highest BCUT2D eigenvalue weighted by molar-refractivity contribution is 5.77. The van der Waals surface area contributed by atoms with Crippen LogP contribution >= 0.6 is 0 Å². The Morgan fingerprint density at radius 2 is 1.74 bits per heavy atom. The number of aliphatic hydroxyl groups is 1. The zero-order chi connectivity index (χ0) is 27.0. The van der Waals surface area contributed by atoms with E-state index in [9.17, 15) is 18.7 Å². The molecule has 4 rings (SSSR count). The van der Waals surface area contributed by atoms with Crippen LogP contribution in [0.2, 0.25) is 0 Å². The fourth-order valence-electron chi connectivity index (χ4n) is 4.97. The second-order valence-corrected chi connectivity index (χ2v) is 10.1. The molecule has 0 unspecified atom stereocenters. The Bertz CT molecular complexity index is 1070. The van der Waals surface area contributed by atoms with Crippen molar-refractivity contribution in [3.8, 4) is 11.5 Å². The van der Waals surface area contributed by atoms with E-state index in [0.717, 1.165) is 43.1 Å². The molecule has 0 bridgehead atoms. The molecule has 2 aromatic rings. The van der Waals surface area contributed by atoms with Crippen molar-refractivity contribution in [2.45, 2.75) is 25.0 Å². The first kappa shape index (κ1) is 28.2. The Balaban J connectivity index is 1.41. The van der Waals surface area contributed by atoms with Crippen molar-refractivity contribution in [3.63, 3.8) is 0 Å². The van der Waals surface area contributed by atoms with E-state index in [4.69, 9.17) is 14.2 Å². The van der Waals surface area contributed by atoms with Crippen molar-refractivity contribution in [3.05, 3.63) is 59.7 Å². The summed E-state index contributed by atoms with van der Waals surface area (Å²) >= 11 is 0. The zero-order valence-corrected chi connectivity index (χ0v) is 21.9. The third kappa shape index (κ3) is 8.10. The van der Waals surface area contributed by atoms with E-state index in [1.807, 2.05) is 24.3 Å². The maximum atomic E-state index is 13.6. The number of benzene rings is 2. The first-order valence-electron chi connectivity index (χ1n) is 13.1. The highest BCUT2D eigenvalue weighted by Gasteiger charge is 2.37. The van der Waals surface area contributed by atoms with Crippen LogP contribution in [0.25, 0.3) is 0 Å². The monoisotopic (exact) mass is 533 g/mol. The molecule has 0 saturated carbocycles. The molecule has 208 valence electrons. The van der Waals surface area contributed by atoms with Gasteiger partial charge in [0.25, 0.3) is 0 Å². The van der Waals surface area contributed by atoms with Crippen LogP contribution in [-0.4, -0.2) is 104 Å². The topological polar surface area (TPSA) is 74.7 Å². The molecule has 0 aliphatic carbocycles. The summed E-state index contributed by atoms with van der Waals surface area (Å²) < 4.78 is 43.6. The van der Waals surface area contributed by atoms with E-state index in [-0.39, 0.29) is 38.0 Å². The van der Waals surface area contributed by atoms with E-state index in [1.54, 1.807) is 4.90 Å². The van der Waals surface area contributed by atoms with Gasteiger partial charge in [0, 0.05) is 45.9 Å². The fourth-order valence-corrected chi connectivity index (χ4v) is 4.97. The predicted octanol–water partition coefficient (Wildman–Crippen LogP) is 2.54. The standard InChI is InChI=1S/C28H37F2N3O5/c1-36-18-27(34)33-12-11-32(19-28(35,20-33)21-38-24-7-8-25(29)26(30)16-24)17-22-5-4-6-23(15-22)37-14-13-31-9-2-3-10-31/h4-8,15-16,35H,2-3,9-14,17-21H2,1H3/t28-/m1/s1. The van der Waals surface area contributed by atoms with Gasteiger partial charge >= 0.3 is 0 Å². The lowest BCUT2D eigenvalue weighted by Gasteiger charge is -2.33. The number of hydrogen-bond acceptors (Lipinski definition) is 7. The van der Waals surface area contributed by atoms with E-state index in [2.05, 4.69) is 9.80 Å². The molecule has 2 aliphatic rings. The zero-order valence-electron chi connectivity index (χ0n) is 21.9. The molecule has 1 N–H and O–H groups in total. The number of carbonyl (C=O) groups excluding carboxylic acids is 1. The summed E-state index contributed by atoms with van der Waals surface area (Å²) in [7, 11) is 1.45. The SMILES string of the molecule is COCC(=O)N1CCN(Cc2cccc(OCCN3CCCC3)c2)C[C@](O)(COc2ccc(F)c(F)c2)C1. The minimum Gasteiger partial charge on any atom is -0.492 e. The molecule has 2 saturated heterocycles. The molecular weight excluding hydrogens is 496 g/mol. The van der Waals surface area contributed by atoms with Gasteiger partial charge in [0.15, 0.2) is 11.6 Å². The Kier molecular flexibility index (Phi) is 9.90. The highest BCUT2D eigenvalue weighted by atomic mass is 19.2. The van der Waals surface area contributed by atoms with Crippen LogP contribution in [0, 0.1) is 11.6 Å². The number of likely N-dealkylation sites (tertiary alicyclic amines) is 1. The maximum Gasteiger partial charge on any atom is 0.248 e. The Labute approximate surface area is 222 Å². The van der Waals surface area contributed by atoms with Crippen molar-refractivity contribution in [1.82, 2.24) is 14.7 Å². The number of carbonyl (C=O) groups is 1. The van der Waals surface area contributed by atoms with Crippen LogP contribution in [0.1, 0.15) is 18.4 Å². The summed E-state index contributed by atoms with van der Waals surface area (Å²) in [6, 6.07) is 11.1. The maximum absolute atomic E-state index is 13.6. The van der Waals surface area contributed by atoms with Crippen molar-refractivity contribution in [2.24, 2.45) is 0 Å². The van der Waals surface area contributed by atoms with Gasteiger partial charge in [0.05, 0.1) is 6.54 Å². The van der Waals surface area contributed by atoms with Gasteiger partial charge in [-0.1, -0.05) is 12.1 Å². The molecule has 0 radical (unpaired) electrons. The van der Waals surface area contributed by atoms with Gasteiger partial charge in [-0.15, -0.1) is 0 Å². The van der Waals surface area contributed by atoms with Crippen molar-refractivity contribution < 1.29 is 32.9 Å². The number of methoxy groups -OCH3 is 1. The second kappa shape index (κ2) is 13.3. The van der Waals surface area contributed by atoms with Gasteiger partial charge in [-0.2, -0.15) is 0 Å². The molecule has 2 aromatic carbocycles. The lowest BCUT2D eigenvalue weighted by Crippen LogP contribution is -2.52.